The number of carbonyl (C=O) groups excluding carboxylic acids is 1. The van der Waals surface area contributed by atoms with Gasteiger partial charge in [0.05, 0.1) is 0 Å². The number of nitrogens with zero attached hydrogens (tertiary/aromatic N) is 1. The number of amides is 1. The van der Waals surface area contributed by atoms with Crippen molar-refractivity contribution < 1.29 is 9.18 Å². The number of carbonyl (C=O) groups is 1. The highest BCUT2D eigenvalue weighted by Gasteiger charge is 2.36. The van der Waals surface area contributed by atoms with Crippen molar-refractivity contribution in [2.45, 2.75) is 55.1 Å². The van der Waals surface area contributed by atoms with Gasteiger partial charge in [0, 0.05) is 42.2 Å². The van der Waals surface area contributed by atoms with Crippen LogP contribution in [0.25, 0.3) is 0 Å². The van der Waals surface area contributed by atoms with Gasteiger partial charge in [-0.15, -0.1) is 24.2 Å². The highest BCUT2D eigenvalue weighted by Crippen LogP contribution is 2.29. The van der Waals surface area contributed by atoms with Gasteiger partial charge in [0.1, 0.15) is 5.82 Å². The zero-order valence-electron chi connectivity index (χ0n) is 13.3. The molecule has 0 aromatic heterocycles. The van der Waals surface area contributed by atoms with E-state index in [1.807, 2.05) is 11.9 Å². The Bertz CT molecular complexity index is 516. The summed E-state index contributed by atoms with van der Waals surface area (Å²) in [5, 5.41) is 3.61. The Kier molecular flexibility index (Phi) is 6.74. The molecule has 6 heteroatoms. The molecule has 2 bridgehead atoms. The van der Waals surface area contributed by atoms with Gasteiger partial charge in [-0.2, -0.15) is 0 Å². The molecule has 2 fully saturated rings. The van der Waals surface area contributed by atoms with Crippen molar-refractivity contribution in [2.75, 3.05) is 12.8 Å². The molecular weight excluding hydrogens is 335 g/mol. The molecular formula is C17H24ClFN2OS. The standard InChI is InChI=1S/C17H23FN2OS.ClH/c1-20(15-10-13-4-5-14(11-15)19-13)17(21)8-9-22-16-6-2-12(18)3-7-16;/h2-3,6-7,13-15,19H,4-5,8-11H2,1H3;1H. The summed E-state index contributed by atoms with van der Waals surface area (Å²) in [4.78, 5) is 15.3. The lowest BCUT2D eigenvalue weighted by Crippen LogP contribution is -2.48. The van der Waals surface area contributed by atoms with E-state index >= 15 is 0 Å². The second kappa shape index (κ2) is 8.36. The molecule has 2 aliphatic rings. The second-order valence-corrected chi connectivity index (χ2v) is 7.49. The van der Waals surface area contributed by atoms with Crippen LogP contribution in [0.2, 0.25) is 0 Å². The van der Waals surface area contributed by atoms with Gasteiger partial charge in [0.2, 0.25) is 5.91 Å². The Morgan fingerprint density at radius 1 is 1.26 bits per heavy atom. The summed E-state index contributed by atoms with van der Waals surface area (Å²) in [5.74, 6) is 0.744. The highest BCUT2D eigenvalue weighted by molar-refractivity contribution is 7.99. The first-order valence-corrected chi connectivity index (χ1v) is 9.00. The zero-order chi connectivity index (χ0) is 15.5. The summed E-state index contributed by atoms with van der Waals surface area (Å²) in [5.41, 5.74) is 0. The molecule has 3 rings (SSSR count). The van der Waals surface area contributed by atoms with E-state index in [0.29, 0.717) is 24.5 Å². The first-order valence-electron chi connectivity index (χ1n) is 8.02. The third-order valence-electron chi connectivity index (χ3n) is 4.79. The van der Waals surface area contributed by atoms with Gasteiger partial charge in [-0.25, -0.2) is 4.39 Å². The SMILES string of the molecule is CN(C(=O)CCSc1ccc(F)cc1)C1CC2CCC(C1)N2.Cl. The molecule has 1 N–H and O–H groups in total. The van der Waals surface area contributed by atoms with Crippen molar-refractivity contribution in [3.05, 3.63) is 30.1 Å². The van der Waals surface area contributed by atoms with Crippen molar-refractivity contribution in [1.29, 1.82) is 0 Å². The molecule has 2 atom stereocenters. The normalized spacial score (nSPS) is 25.7. The zero-order valence-corrected chi connectivity index (χ0v) is 15.0. The average Bonchev–Trinajstić information content (AvgIpc) is 2.86. The molecule has 2 heterocycles. The third kappa shape index (κ3) is 4.85. The number of thioether (sulfide) groups is 1. The number of hydrogen-bond donors (Lipinski definition) is 1. The van der Waals surface area contributed by atoms with Crippen molar-refractivity contribution in [1.82, 2.24) is 10.2 Å². The van der Waals surface area contributed by atoms with Crippen LogP contribution in [0, 0.1) is 5.82 Å². The van der Waals surface area contributed by atoms with Gasteiger partial charge < -0.3 is 10.2 Å². The molecule has 2 unspecified atom stereocenters. The van der Waals surface area contributed by atoms with Crippen molar-refractivity contribution >= 4 is 30.1 Å². The minimum atomic E-state index is -0.222. The number of nitrogens with one attached hydrogen (secondary N) is 1. The largest absolute Gasteiger partial charge is 0.343 e. The summed E-state index contributed by atoms with van der Waals surface area (Å²) in [6.45, 7) is 0. The Hall–Kier alpha value is -0.780. The Labute approximate surface area is 147 Å². The van der Waals surface area contributed by atoms with E-state index in [4.69, 9.17) is 0 Å². The molecule has 23 heavy (non-hydrogen) atoms. The van der Waals surface area contributed by atoms with E-state index in [1.165, 1.54) is 25.0 Å². The predicted octanol–water partition coefficient (Wildman–Crippen LogP) is 3.47. The molecule has 3 nitrogen and oxygen atoms in total. The Morgan fingerprint density at radius 2 is 1.87 bits per heavy atom. The van der Waals surface area contributed by atoms with E-state index in [9.17, 15) is 9.18 Å². The topological polar surface area (TPSA) is 32.3 Å². The number of halogens is 2. The summed E-state index contributed by atoms with van der Waals surface area (Å²) in [6, 6.07) is 8.04. The van der Waals surface area contributed by atoms with Crippen LogP contribution < -0.4 is 5.32 Å². The highest BCUT2D eigenvalue weighted by atomic mass is 35.5. The lowest BCUT2D eigenvalue weighted by molar-refractivity contribution is -0.132. The van der Waals surface area contributed by atoms with Gasteiger partial charge >= 0.3 is 0 Å². The Balaban J connectivity index is 0.00000192. The molecule has 2 aliphatic heterocycles. The molecule has 0 spiro atoms. The van der Waals surface area contributed by atoms with Crippen LogP contribution >= 0.6 is 24.2 Å². The monoisotopic (exact) mass is 358 g/mol. The number of benzene rings is 1. The molecule has 0 saturated carbocycles. The van der Waals surface area contributed by atoms with Gasteiger partial charge in [0.25, 0.3) is 0 Å². The molecule has 0 radical (unpaired) electrons. The lowest BCUT2D eigenvalue weighted by Gasteiger charge is -2.35. The van der Waals surface area contributed by atoms with Crippen LogP contribution in [-0.4, -0.2) is 41.7 Å². The minimum Gasteiger partial charge on any atom is -0.343 e. The quantitative estimate of drug-likeness (QED) is 0.818. The van der Waals surface area contributed by atoms with Crippen LogP contribution in [-0.2, 0) is 4.79 Å². The van der Waals surface area contributed by atoms with Gasteiger partial charge in [-0.3, -0.25) is 4.79 Å². The first-order chi connectivity index (χ1) is 10.6. The van der Waals surface area contributed by atoms with E-state index in [2.05, 4.69) is 5.32 Å². The molecule has 0 aliphatic carbocycles. The van der Waals surface area contributed by atoms with E-state index in [0.717, 1.165) is 23.5 Å². The average molecular weight is 359 g/mol. The maximum atomic E-state index is 12.8. The predicted molar refractivity (Wildman–Crippen MR) is 94.7 cm³/mol. The lowest BCUT2D eigenvalue weighted by atomic mass is 9.98. The minimum absolute atomic E-state index is 0. The fourth-order valence-electron chi connectivity index (χ4n) is 3.51. The molecule has 2 saturated heterocycles. The molecule has 1 aromatic rings. The number of piperidine rings is 1. The van der Waals surface area contributed by atoms with Crippen molar-refractivity contribution in [3.8, 4) is 0 Å². The maximum absolute atomic E-state index is 12.8. The van der Waals surface area contributed by atoms with Crippen LogP contribution in [0.1, 0.15) is 32.1 Å². The van der Waals surface area contributed by atoms with Gasteiger partial charge in [-0.05, 0) is 49.9 Å². The first kappa shape index (κ1) is 18.6. The summed E-state index contributed by atoms with van der Waals surface area (Å²) in [6.07, 6.45) is 5.22. The van der Waals surface area contributed by atoms with Crippen molar-refractivity contribution in [2.24, 2.45) is 0 Å². The van der Waals surface area contributed by atoms with Gasteiger partial charge in [0.15, 0.2) is 0 Å². The summed E-state index contributed by atoms with van der Waals surface area (Å²) < 4.78 is 12.8. The molecule has 1 amide bonds. The summed E-state index contributed by atoms with van der Waals surface area (Å²) >= 11 is 1.61. The van der Waals surface area contributed by atoms with Crippen LogP contribution in [0.3, 0.4) is 0 Å². The van der Waals surface area contributed by atoms with E-state index in [-0.39, 0.29) is 24.1 Å². The second-order valence-electron chi connectivity index (χ2n) is 6.32. The molecule has 1 aromatic carbocycles. The van der Waals surface area contributed by atoms with Crippen LogP contribution in [0.15, 0.2) is 29.2 Å². The fraction of sp³-hybridized carbons (Fsp3) is 0.588. The van der Waals surface area contributed by atoms with Crippen LogP contribution in [0.4, 0.5) is 4.39 Å². The fourth-order valence-corrected chi connectivity index (χ4v) is 4.35. The van der Waals surface area contributed by atoms with E-state index < -0.39 is 0 Å². The summed E-state index contributed by atoms with van der Waals surface area (Å²) in [7, 11) is 1.94. The van der Waals surface area contributed by atoms with Gasteiger partial charge in [-0.1, -0.05) is 0 Å². The third-order valence-corrected chi connectivity index (χ3v) is 5.80. The van der Waals surface area contributed by atoms with Crippen molar-refractivity contribution in [3.63, 3.8) is 0 Å². The molecule has 128 valence electrons. The van der Waals surface area contributed by atoms with Crippen LogP contribution in [0.5, 0.6) is 0 Å². The number of hydrogen-bond acceptors (Lipinski definition) is 3. The maximum Gasteiger partial charge on any atom is 0.223 e. The van der Waals surface area contributed by atoms with E-state index in [1.54, 1.807) is 23.9 Å². The number of rotatable bonds is 5. The Morgan fingerprint density at radius 3 is 2.48 bits per heavy atom. The smallest absolute Gasteiger partial charge is 0.223 e. The number of fused-ring (bicyclic) bond motifs is 2.